The van der Waals surface area contributed by atoms with Gasteiger partial charge in [-0.2, -0.15) is 0 Å². The Kier molecular flexibility index (Phi) is 7.75. The third kappa shape index (κ3) is 5.18. The number of rotatable bonds is 8. The fourth-order valence-corrected chi connectivity index (χ4v) is 9.46. The SMILES string of the molecule is c1ccc(N(c2ccccc2)c2ccc(C3(c4ccccc4)c4cccc5ccc6cc(N(c7ccccc7)c7cccc8ccccc78)cc3c6c45)cc2)cc1. The Labute approximate surface area is 333 Å². The first kappa shape index (κ1) is 33.0. The van der Waals surface area contributed by atoms with Crippen molar-refractivity contribution in [1.29, 1.82) is 0 Å². The van der Waals surface area contributed by atoms with E-state index in [0.717, 1.165) is 34.1 Å². The molecule has 0 saturated carbocycles. The van der Waals surface area contributed by atoms with Crippen LogP contribution in [-0.2, 0) is 5.41 Å². The summed E-state index contributed by atoms with van der Waals surface area (Å²) in [7, 11) is 0. The van der Waals surface area contributed by atoms with Crippen LogP contribution in [0.1, 0.15) is 22.3 Å². The van der Waals surface area contributed by atoms with Gasteiger partial charge in [0, 0.05) is 33.8 Å². The van der Waals surface area contributed by atoms with Crippen LogP contribution in [0.5, 0.6) is 0 Å². The lowest BCUT2D eigenvalue weighted by molar-refractivity contribution is 0.771. The lowest BCUT2D eigenvalue weighted by Gasteiger charge is -2.36. The fourth-order valence-electron chi connectivity index (χ4n) is 9.46. The van der Waals surface area contributed by atoms with Crippen LogP contribution in [0, 0.1) is 0 Å². The highest BCUT2D eigenvalue weighted by Gasteiger charge is 2.45. The highest BCUT2D eigenvalue weighted by atomic mass is 15.1. The van der Waals surface area contributed by atoms with Crippen molar-refractivity contribution < 1.29 is 0 Å². The number of para-hydroxylation sites is 3. The monoisotopic (exact) mass is 726 g/mol. The zero-order valence-electron chi connectivity index (χ0n) is 31.3. The minimum atomic E-state index is -0.581. The van der Waals surface area contributed by atoms with E-state index in [1.807, 2.05) is 0 Å². The number of nitrogens with zero attached hydrogens (tertiary/aromatic N) is 2. The van der Waals surface area contributed by atoms with Crippen molar-refractivity contribution in [3.05, 3.63) is 253 Å². The predicted octanol–water partition coefficient (Wildman–Crippen LogP) is 14.8. The normalized spacial score (nSPS) is 14.4. The summed E-state index contributed by atoms with van der Waals surface area (Å²) in [5, 5.41) is 7.57. The average molecular weight is 727 g/mol. The molecule has 57 heavy (non-hydrogen) atoms. The van der Waals surface area contributed by atoms with Crippen LogP contribution in [0.2, 0.25) is 0 Å². The lowest BCUT2D eigenvalue weighted by Crippen LogP contribution is -2.29. The van der Waals surface area contributed by atoms with Crippen molar-refractivity contribution >= 4 is 66.4 Å². The van der Waals surface area contributed by atoms with Gasteiger partial charge in [0.2, 0.25) is 0 Å². The summed E-state index contributed by atoms with van der Waals surface area (Å²) in [6, 6.07) is 84.3. The molecular weight excluding hydrogens is 689 g/mol. The van der Waals surface area contributed by atoms with Gasteiger partial charge < -0.3 is 9.80 Å². The molecule has 1 unspecified atom stereocenters. The third-order valence-corrected chi connectivity index (χ3v) is 11.8. The molecule has 10 aromatic rings. The second kappa shape index (κ2) is 13.4. The van der Waals surface area contributed by atoms with Crippen molar-refractivity contribution in [1.82, 2.24) is 0 Å². The van der Waals surface area contributed by atoms with Gasteiger partial charge in [-0.05, 0) is 116 Å². The Morgan fingerprint density at radius 2 is 0.772 bits per heavy atom. The molecule has 268 valence electrons. The molecule has 0 aliphatic heterocycles. The first-order chi connectivity index (χ1) is 28.3. The summed E-state index contributed by atoms with van der Waals surface area (Å²) in [5.74, 6) is 0. The second-order valence-corrected chi connectivity index (χ2v) is 14.9. The van der Waals surface area contributed by atoms with E-state index in [4.69, 9.17) is 0 Å². The van der Waals surface area contributed by atoms with Crippen LogP contribution >= 0.6 is 0 Å². The van der Waals surface area contributed by atoms with Gasteiger partial charge in [-0.1, -0.05) is 164 Å². The molecule has 2 nitrogen and oxygen atoms in total. The van der Waals surface area contributed by atoms with Crippen LogP contribution < -0.4 is 9.80 Å². The average Bonchev–Trinajstić information content (AvgIpc) is 3.59. The molecule has 11 rings (SSSR count). The number of fused-ring (bicyclic) bond motifs is 1. The van der Waals surface area contributed by atoms with Crippen LogP contribution in [0.3, 0.4) is 0 Å². The van der Waals surface area contributed by atoms with E-state index in [1.54, 1.807) is 0 Å². The summed E-state index contributed by atoms with van der Waals surface area (Å²) in [5.41, 5.74) is 11.3. The topological polar surface area (TPSA) is 6.48 Å². The van der Waals surface area contributed by atoms with Crippen molar-refractivity contribution in [2.75, 3.05) is 9.80 Å². The first-order valence-electron chi connectivity index (χ1n) is 19.7. The smallest absolute Gasteiger partial charge is 0.0714 e. The standard InChI is InChI=1S/C55H38N2/c1-5-20-42(21-6-1)55(43-33-35-47(36-34-43)56(44-22-7-2-8-23-44)45-24-9-3-10-25-45)50-29-15-19-40-31-32-41-37-48(38-51(55)54(41)53(40)50)57(46-26-11-4-12-27-46)52-30-16-18-39-17-13-14-28-49(39)52/h1-38H. The van der Waals surface area contributed by atoms with Gasteiger partial charge >= 0.3 is 0 Å². The molecule has 0 fully saturated rings. The van der Waals surface area contributed by atoms with Gasteiger partial charge in [-0.3, -0.25) is 0 Å². The van der Waals surface area contributed by atoms with E-state index in [-0.39, 0.29) is 0 Å². The van der Waals surface area contributed by atoms with E-state index in [2.05, 4.69) is 240 Å². The number of hydrogen-bond donors (Lipinski definition) is 0. The Balaban J connectivity index is 1.19. The fraction of sp³-hybridized carbons (Fsp3) is 0.0182. The van der Waals surface area contributed by atoms with Crippen molar-refractivity contribution in [3.63, 3.8) is 0 Å². The molecule has 0 radical (unpaired) electrons. The molecule has 0 amide bonds. The predicted molar refractivity (Wildman–Crippen MR) is 240 cm³/mol. The number of anilines is 6. The molecular formula is C55H38N2. The molecule has 0 bridgehead atoms. The Morgan fingerprint density at radius 3 is 1.46 bits per heavy atom. The quantitative estimate of drug-likeness (QED) is 0.144. The highest BCUT2D eigenvalue weighted by molar-refractivity contribution is 6.17. The van der Waals surface area contributed by atoms with Gasteiger partial charge in [-0.15, -0.1) is 0 Å². The van der Waals surface area contributed by atoms with Crippen LogP contribution in [0.4, 0.5) is 34.1 Å². The number of hydrogen-bond acceptors (Lipinski definition) is 2. The van der Waals surface area contributed by atoms with E-state index in [1.165, 1.54) is 54.6 Å². The third-order valence-electron chi connectivity index (χ3n) is 11.8. The van der Waals surface area contributed by atoms with E-state index >= 15 is 0 Å². The van der Waals surface area contributed by atoms with Gasteiger partial charge in [-0.25, -0.2) is 0 Å². The lowest BCUT2D eigenvalue weighted by atomic mass is 9.67. The molecule has 10 aromatic carbocycles. The maximum Gasteiger partial charge on any atom is 0.0714 e. The Bertz CT molecular complexity index is 3010. The zero-order valence-corrected chi connectivity index (χ0v) is 31.3. The minimum absolute atomic E-state index is 0.581. The minimum Gasteiger partial charge on any atom is -0.311 e. The van der Waals surface area contributed by atoms with Crippen LogP contribution in [0.25, 0.3) is 32.3 Å². The first-order valence-corrected chi connectivity index (χ1v) is 19.7. The van der Waals surface area contributed by atoms with Gasteiger partial charge in [0.1, 0.15) is 0 Å². The molecule has 0 N–H and O–H groups in total. The summed E-state index contributed by atoms with van der Waals surface area (Å²) >= 11 is 0. The second-order valence-electron chi connectivity index (χ2n) is 14.9. The highest BCUT2D eigenvalue weighted by Crippen LogP contribution is 2.57. The zero-order chi connectivity index (χ0) is 37.8. The largest absolute Gasteiger partial charge is 0.311 e. The Morgan fingerprint density at radius 1 is 0.281 bits per heavy atom. The molecule has 1 aliphatic carbocycles. The molecule has 0 spiro atoms. The van der Waals surface area contributed by atoms with E-state index < -0.39 is 5.41 Å². The van der Waals surface area contributed by atoms with Crippen molar-refractivity contribution in [3.8, 4) is 0 Å². The van der Waals surface area contributed by atoms with E-state index in [0.29, 0.717) is 0 Å². The molecule has 1 atom stereocenters. The number of benzene rings is 10. The molecule has 0 heterocycles. The molecule has 1 aliphatic rings. The molecule has 0 saturated heterocycles. The van der Waals surface area contributed by atoms with Crippen LogP contribution in [0.15, 0.2) is 231 Å². The maximum absolute atomic E-state index is 2.48. The summed E-state index contributed by atoms with van der Waals surface area (Å²) in [6.07, 6.45) is 0. The molecule has 0 aromatic heterocycles. The van der Waals surface area contributed by atoms with Gasteiger partial charge in [0.05, 0.1) is 11.1 Å². The van der Waals surface area contributed by atoms with Crippen molar-refractivity contribution in [2.24, 2.45) is 0 Å². The molecule has 2 heteroatoms. The summed E-state index contributed by atoms with van der Waals surface area (Å²) < 4.78 is 0. The van der Waals surface area contributed by atoms with Crippen LogP contribution in [-0.4, -0.2) is 0 Å². The summed E-state index contributed by atoms with van der Waals surface area (Å²) in [6.45, 7) is 0. The summed E-state index contributed by atoms with van der Waals surface area (Å²) in [4.78, 5) is 4.78. The maximum atomic E-state index is 2.48. The van der Waals surface area contributed by atoms with Gasteiger partial charge in [0.15, 0.2) is 0 Å². The Hall–Kier alpha value is -7.42. The van der Waals surface area contributed by atoms with Crippen molar-refractivity contribution in [2.45, 2.75) is 5.41 Å². The van der Waals surface area contributed by atoms with Gasteiger partial charge in [0.25, 0.3) is 0 Å². The van der Waals surface area contributed by atoms with E-state index in [9.17, 15) is 0 Å².